The van der Waals surface area contributed by atoms with Crippen LogP contribution in [0.2, 0.25) is 0 Å². The summed E-state index contributed by atoms with van der Waals surface area (Å²) in [6.07, 6.45) is 1.63. The van der Waals surface area contributed by atoms with Crippen molar-refractivity contribution in [1.29, 1.82) is 0 Å². The summed E-state index contributed by atoms with van der Waals surface area (Å²) in [5.41, 5.74) is 1.23. The van der Waals surface area contributed by atoms with Gasteiger partial charge in [-0.1, -0.05) is 25.2 Å². The Morgan fingerprint density at radius 3 is 2.67 bits per heavy atom. The summed E-state index contributed by atoms with van der Waals surface area (Å²) in [4.78, 5) is 21.8. The number of aromatic nitrogens is 3. The first kappa shape index (κ1) is 19.4. The Balaban J connectivity index is 1.96. The fraction of sp³-hybridized carbons (Fsp3) is 0.421. The van der Waals surface area contributed by atoms with Gasteiger partial charge in [0, 0.05) is 25.8 Å². The van der Waals surface area contributed by atoms with E-state index in [1.807, 2.05) is 6.92 Å². The Morgan fingerprint density at radius 2 is 1.96 bits per heavy atom. The summed E-state index contributed by atoms with van der Waals surface area (Å²) in [5.74, 6) is -0.441. The summed E-state index contributed by atoms with van der Waals surface area (Å²) in [5, 5.41) is 4.79. The maximum atomic E-state index is 13.6. The van der Waals surface area contributed by atoms with Gasteiger partial charge in [0.1, 0.15) is 11.5 Å². The quantitative estimate of drug-likeness (QED) is 0.590. The molecule has 3 aromatic rings. The summed E-state index contributed by atoms with van der Waals surface area (Å²) in [6, 6.07) is 6.22. The number of carbonyl (C=O) groups is 1. The van der Waals surface area contributed by atoms with E-state index < -0.39 is 0 Å². The molecule has 0 fully saturated rings. The molecule has 0 N–H and O–H groups in total. The molecule has 0 aliphatic heterocycles. The Hall–Kier alpha value is -2.32. The number of amides is 1. The molecule has 0 bridgehead atoms. The third kappa shape index (κ3) is 4.17. The smallest absolute Gasteiger partial charge is 0.278 e. The van der Waals surface area contributed by atoms with Gasteiger partial charge in [0.05, 0.1) is 10.2 Å². The molecule has 1 amide bonds. The number of rotatable bonds is 8. The zero-order valence-corrected chi connectivity index (χ0v) is 16.7. The van der Waals surface area contributed by atoms with Gasteiger partial charge >= 0.3 is 0 Å². The largest absolute Gasteiger partial charge is 0.302 e. The van der Waals surface area contributed by atoms with E-state index in [0.717, 1.165) is 24.3 Å². The summed E-state index contributed by atoms with van der Waals surface area (Å²) in [6.45, 7) is 9.84. The van der Waals surface area contributed by atoms with Crippen LogP contribution in [0.1, 0.15) is 31.3 Å². The number of aryl methyl sites for hydroxylation is 1. The highest BCUT2D eigenvalue weighted by Crippen LogP contribution is 2.30. The van der Waals surface area contributed by atoms with Gasteiger partial charge in [0.25, 0.3) is 5.91 Å². The zero-order chi connectivity index (χ0) is 19.4. The van der Waals surface area contributed by atoms with E-state index in [4.69, 9.17) is 0 Å². The van der Waals surface area contributed by atoms with Crippen LogP contribution in [0, 0.1) is 5.82 Å². The molecule has 0 spiro atoms. The van der Waals surface area contributed by atoms with E-state index >= 15 is 0 Å². The maximum Gasteiger partial charge on any atom is 0.278 e. The molecule has 144 valence electrons. The molecule has 0 aliphatic rings. The number of carbonyl (C=O) groups excluding carboxylic acids is 1. The standard InChI is InChI=1S/C19H24FN5OS/c1-4-23(5-2)11-12-24(18(26)16-9-10-21-25(16)6-3)19-22-15-8-7-14(20)13-17(15)27-19/h7-10,13H,4-6,11-12H2,1-3H3. The minimum absolute atomic E-state index is 0.138. The van der Waals surface area contributed by atoms with Crippen LogP contribution in [0.5, 0.6) is 0 Å². The second kappa shape index (κ2) is 8.58. The summed E-state index contributed by atoms with van der Waals surface area (Å²) >= 11 is 1.33. The van der Waals surface area contributed by atoms with E-state index in [1.54, 1.807) is 27.9 Å². The number of fused-ring (bicyclic) bond motifs is 1. The van der Waals surface area contributed by atoms with E-state index in [1.165, 1.54) is 23.5 Å². The topological polar surface area (TPSA) is 54.3 Å². The second-order valence-electron chi connectivity index (χ2n) is 6.12. The Kier molecular flexibility index (Phi) is 6.18. The molecule has 0 atom stereocenters. The number of hydrogen-bond donors (Lipinski definition) is 0. The Labute approximate surface area is 162 Å². The minimum atomic E-state index is -0.303. The van der Waals surface area contributed by atoms with Crippen LogP contribution >= 0.6 is 11.3 Å². The van der Waals surface area contributed by atoms with Gasteiger partial charge in [-0.05, 0) is 44.3 Å². The molecule has 2 heterocycles. The van der Waals surface area contributed by atoms with Crippen molar-refractivity contribution in [3.05, 3.63) is 42.0 Å². The average Bonchev–Trinajstić information content (AvgIpc) is 3.31. The maximum absolute atomic E-state index is 13.6. The normalized spacial score (nSPS) is 11.4. The van der Waals surface area contributed by atoms with Gasteiger partial charge in [0.15, 0.2) is 5.13 Å². The van der Waals surface area contributed by atoms with Gasteiger partial charge in [-0.25, -0.2) is 9.37 Å². The molecular weight excluding hydrogens is 365 g/mol. The number of anilines is 1. The highest BCUT2D eigenvalue weighted by Gasteiger charge is 2.24. The van der Waals surface area contributed by atoms with Crippen LogP contribution in [0.4, 0.5) is 9.52 Å². The average molecular weight is 390 g/mol. The van der Waals surface area contributed by atoms with Gasteiger partial charge < -0.3 is 4.90 Å². The van der Waals surface area contributed by atoms with Gasteiger partial charge in [0.2, 0.25) is 0 Å². The molecular formula is C19H24FN5OS. The second-order valence-corrected chi connectivity index (χ2v) is 7.13. The lowest BCUT2D eigenvalue weighted by Crippen LogP contribution is -2.39. The van der Waals surface area contributed by atoms with Crippen molar-refractivity contribution >= 4 is 32.6 Å². The number of hydrogen-bond acceptors (Lipinski definition) is 5. The first-order valence-electron chi connectivity index (χ1n) is 9.19. The van der Waals surface area contributed by atoms with Crippen LogP contribution < -0.4 is 4.90 Å². The summed E-state index contributed by atoms with van der Waals surface area (Å²) in [7, 11) is 0. The van der Waals surface area contributed by atoms with Crippen molar-refractivity contribution in [3.8, 4) is 0 Å². The molecule has 0 saturated heterocycles. The van der Waals surface area contributed by atoms with E-state index in [9.17, 15) is 9.18 Å². The third-order valence-electron chi connectivity index (χ3n) is 4.58. The lowest BCUT2D eigenvalue weighted by atomic mass is 10.3. The van der Waals surface area contributed by atoms with Crippen LogP contribution in [0.25, 0.3) is 10.2 Å². The number of nitrogens with zero attached hydrogens (tertiary/aromatic N) is 5. The summed E-state index contributed by atoms with van der Waals surface area (Å²) < 4.78 is 16.0. The first-order chi connectivity index (χ1) is 13.1. The van der Waals surface area contributed by atoms with Gasteiger partial charge in [-0.3, -0.25) is 14.4 Å². The number of likely N-dealkylation sites (N-methyl/N-ethyl adjacent to an activating group) is 1. The predicted octanol–water partition coefficient (Wildman–Crippen LogP) is 3.64. The van der Waals surface area contributed by atoms with Crippen molar-refractivity contribution in [3.63, 3.8) is 0 Å². The van der Waals surface area contributed by atoms with Crippen LogP contribution in [-0.2, 0) is 6.54 Å². The molecule has 0 unspecified atom stereocenters. The molecule has 0 radical (unpaired) electrons. The molecule has 27 heavy (non-hydrogen) atoms. The van der Waals surface area contributed by atoms with Crippen LogP contribution in [0.3, 0.4) is 0 Å². The van der Waals surface area contributed by atoms with E-state index in [0.29, 0.717) is 29.4 Å². The van der Waals surface area contributed by atoms with E-state index in [-0.39, 0.29) is 11.7 Å². The predicted molar refractivity (Wildman–Crippen MR) is 107 cm³/mol. The van der Waals surface area contributed by atoms with Crippen molar-refractivity contribution < 1.29 is 9.18 Å². The number of thiazole rings is 1. The van der Waals surface area contributed by atoms with Crippen LogP contribution in [0.15, 0.2) is 30.5 Å². The molecule has 0 saturated carbocycles. The SMILES string of the molecule is CCN(CC)CCN(C(=O)c1ccnn1CC)c1nc2ccc(F)cc2s1. The minimum Gasteiger partial charge on any atom is -0.302 e. The van der Waals surface area contributed by atoms with Crippen molar-refractivity contribution in [2.24, 2.45) is 0 Å². The first-order valence-corrected chi connectivity index (χ1v) is 10.0. The molecule has 8 heteroatoms. The lowest BCUT2D eigenvalue weighted by Gasteiger charge is -2.24. The van der Waals surface area contributed by atoms with Crippen molar-refractivity contribution in [1.82, 2.24) is 19.7 Å². The van der Waals surface area contributed by atoms with Crippen molar-refractivity contribution in [2.75, 3.05) is 31.1 Å². The molecule has 6 nitrogen and oxygen atoms in total. The highest BCUT2D eigenvalue weighted by molar-refractivity contribution is 7.22. The fourth-order valence-electron chi connectivity index (χ4n) is 2.97. The Morgan fingerprint density at radius 1 is 1.19 bits per heavy atom. The van der Waals surface area contributed by atoms with Crippen LogP contribution in [-0.4, -0.2) is 51.8 Å². The monoisotopic (exact) mass is 389 g/mol. The fourth-order valence-corrected chi connectivity index (χ4v) is 3.99. The molecule has 0 aliphatic carbocycles. The van der Waals surface area contributed by atoms with Crippen molar-refractivity contribution in [2.45, 2.75) is 27.3 Å². The molecule has 1 aromatic carbocycles. The van der Waals surface area contributed by atoms with E-state index in [2.05, 4.69) is 28.8 Å². The number of halogens is 1. The highest BCUT2D eigenvalue weighted by atomic mass is 32.1. The lowest BCUT2D eigenvalue weighted by molar-refractivity contribution is 0.0973. The Bertz CT molecular complexity index is 918. The molecule has 2 aromatic heterocycles. The molecule has 3 rings (SSSR count). The van der Waals surface area contributed by atoms with Gasteiger partial charge in [-0.15, -0.1) is 0 Å². The number of benzene rings is 1. The van der Waals surface area contributed by atoms with Gasteiger partial charge in [-0.2, -0.15) is 5.10 Å². The zero-order valence-electron chi connectivity index (χ0n) is 15.9. The third-order valence-corrected chi connectivity index (χ3v) is 5.63.